The van der Waals surface area contributed by atoms with E-state index in [4.69, 9.17) is 5.11 Å². The Labute approximate surface area is 147 Å². The standard InChI is InChI=1S/C17H17F2N5O2/c1-8-11(6-23(2)21-8)12-5-10(16(18)19)14-15(9-3-4-9)22-24(7-13(25)26)17(14)20-12/h5-6,9,16H,3-4,7H2,1-2H3,(H,25,26). The first kappa shape index (κ1) is 16.6. The average molecular weight is 361 g/mol. The molecular formula is C17H17F2N5O2. The van der Waals surface area contributed by atoms with Crippen LogP contribution < -0.4 is 0 Å². The molecular weight excluding hydrogens is 344 g/mol. The zero-order chi connectivity index (χ0) is 18.6. The van der Waals surface area contributed by atoms with Crippen molar-refractivity contribution in [2.75, 3.05) is 0 Å². The molecule has 1 aliphatic rings. The molecule has 7 nitrogen and oxygen atoms in total. The normalized spacial score (nSPS) is 14.5. The largest absolute Gasteiger partial charge is 0.480 e. The van der Waals surface area contributed by atoms with Crippen molar-refractivity contribution in [3.05, 3.63) is 29.2 Å². The van der Waals surface area contributed by atoms with Gasteiger partial charge in [0.2, 0.25) is 0 Å². The van der Waals surface area contributed by atoms with Gasteiger partial charge in [-0.05, 0) is 25.8 Å². The summed E-state index contributed by atoms with van der Waals surface area (Å²) in [7, 11) is 1.74. The number of aromatic nitrogens is 5. The van der Waals surface area contributed by atoms with Crippen molar-refractivity contribution in [1.29, 1.82) is 0 Å². The smallest absolute Gasteiger partial charge is 0.325 e. The number of rotatable bonds is 5. The van der Waals surface area contributed by atoms with Gasteiger partial charge in [0.15, 0.2) is 5.65 Å². The average Bonchev–Trinajstić information content (AvgIpc) is 3.27. The molecule has 0 spiro atoms. The van der Waals surface area contributed by atoms with E-state index < -0.39 is 18.9 Å². The second-order valence-electron chi connectivity index (χ2n) is 6.61. The lowest BCUT2D eigenvalue weighted by Gasteiger charge is -2.08. The molecule has 0 bridgehead atoms. The second kappa shape index (κ2) is 5.86. The van der Waals surface area contributed by atoms with Gasteiger partial charge < -0.3 is 5.11 Å². The predicted molar refractivity (Wildman–Crippen MR) is 89.0 cm³/mol. The number of fused-ring (bicyclic) bond motifs is 1. The Morgan fingerprint density at radius 1 is 1.38 bits per heavy atom. The minimum absolute atomic E-state index is 0.0952. The number of pyridine rings is 1. The zero-order valence-electron chi connectivity index (χ0n) is 14.3. The topological polar surface area (TPSA) is 85.8 Å². The van der Waals surface area contributed by atoms with E-state index in [2.05, 4.69) is 15.2 Å². The van der Waals surface area contributed by atoms with Gasteiger partial charge >= 0.3 is 5.97 Å². The molecule has 1 fully saturated rings. The third kappa shape index (κ3) is 2.73. The highest BCUT2D eigenvalue weighted by atomic mass is 19.3. The lowest BCUT2D eigenvalue weighted by molar-refractivity contribution is -0.137. The molecule has 0 unspecified atom stereocenters. The van der Waals surface area contributed by atoms with Crippen LogP contribution in [0, 0.1) is 6.92 Å². The predicted octanol–water partition coefficient (Wildman–Crippen LogP) is 3.04. The lowest BCUT2D eigenvalue weighted by Crippen LogP contribution is -2.11. The van der Waals surface area contributed by atoms with Gasteiger partial charge in [0.05, 0.1) is 22.5 Å². The number of hydrogen-bond donors (Lipinski definition) is 1. The molecule has 3 aromatic rings. The molecule has 26 heavy (non-hydrogen) atoms. The summed E-state index contributed by atoms with van der Waals surface area (Å²) in [6.07, 6.45) is 0.728. The number of aliphatic carboxylic acids is 1. The highest BCUT2D eigenvalue weighted by molar-refractivity contribution is 5.87. The van der Waals surface area contributed by atoms with Crippen LogP contribution in [0.25, 0.3) is 22.3 Å². The van der Waals surface area contributed by atoms with E-state index in [0.717, 1.165) is 12.8 Å². The first-order valence-corrected chi connectivity index (χ1v) is 8.27. The maximum Gasteiger partial charge on any atom is 0.325 e. The quantitative estimate of drug-likeness (QED) is 0.755. The van der Waals surface area contributed by atoms with Crippen LogP contribution in [0.3, 0.4) is 0 Å². The monoisotopic (exact) mass is 361 g/mol. The van der Waals surface area contributed by atoms with E-state index in [-0.39, 0.29) is 22.5 Å². The first-order chi connectivity index (χ1) is 12.3. The second-order valence-corrected chi connectivity index (χ2v) is 6.61. The van der Waals surface area contributed by atoms with Crippen LogP contribution in [0.5, 0.6) is 0 Å². The third-order valence-electron chi connectivity index (χ3n) is 4.53. The highest BCUT2D eigenvalue weighted by Crippen LogP contribution is 2.45. The van der Waals surface area contributed by atoms with E-state index >= 15 is 0 Å². The van der Waals surface area contributed by atoms with Crippen molar-refractivity contribution in [3.63, 3.8) is 0 Å². The molecule has 9 heteroatoms. The summed E-state index contributed by atoms with van der Waals surface area (Å²) < 4.78 is 30.5. The summed E-state index contributed by atoms with van der Waals surface area (Å²) in [5.41, 5.74) is 2.18. The van der Waals surface area contributed by atoms with Crippen LogP contribution in [0.4, 0.5) is 8.78 Å². The fourth-order valence-electron chi connectivity index (χ4n) is 3.27. The van der Waals surface area contributed by atoms with Crippen LogP contribution in [0.2, 0.25) is 0 Å². The summed E-state index contributed by atoms with van der Waals surface area (Å²) in [4.78, 5) is 15.7. The number of alkyl halides is 2. The molecule has 0 radical (unpaired) electrons. The SMILES string of the molecule is Cc1nn(C)cc1-c1cc(C(F)F)c2c(C3CC3)nn(CC(=O)O)c2n1. The Morgan fingerprint density at radius 3 is 2.65 bits per heavy atom. The van der Waals surface area contributed by atoms with Gasteiger partial charge in [-0.3, -0.25) is 9.48 Å². The van der Waals surface area contributed by atoms with Gasteiger partial charge in [0, 0.05) is 30.3 Å². The van der Waals surface area contributed by atoms with Gasteiger partial charge in [0.1, 0.15) is 6.54 Å². The van der Waals surface area contributed by atoms with E-state index in [1.165, 1.54) is 10.7 Å². The maximum atomic E-state index is 13.8. The lowest BCUT2D eigenvalue weighted by atomic mass is 10.0. The Balaban J connectivity index is 2.01. The Bertz CT molecular complexity index is 1020. The minimum atomic E-state index is -2.71. The number of aryl methyl sites for hydroxylation is 2. The fraction of sp³-hybridized carbons (Fsp3) is 0.412. The molecule has 0 aromatic carbocycles. The molecule has 0 saturated heterocycles. The van der Waals surface area contributed by atoms with Crippen LogP contribution in [0.1, 0.15) is 42.1 Å². The van der Waals surface area contributed by atoms with Crippen LogP contribution in [-0.2, 0) is 18.4 Å². The van der Waals surface area contributed by atoms with Gasteiger partial charge in [-0.25, -0.2) is 18.4 Å². The fourth-order valence-corrected chi connectivity index (χ4v) is 3.27. The highest BCUT2D eigenvalue weighted by Gasteiger charge is 2.33. The summed E-state index contributed by atoms with van der Waals surface area (Å²) >= 11 is 0. The van der Waals surface area contributed by atoms with Crippen LogP contribution in [-0.4, -0.2) is 35.6 Å². The Kier molecular flexibility index (Phi) is 3.74. The zero-order valence-corrected chi connectivity index (χ0v) is 14.3. The number of halogens is 2. The maximum absolute atomic E-state index is 13.8. The van der Waals surface area contributed by atoms with E-state index in [1.807, 2.05) is 0 Å². The molecule has 136 valence electrons. The van der Waals surface area contributed by atoms with Crippen molar-refractivity contribution in [1.82, 2.24) is 24.5 Å². The van der Waals surface area contributed by atoms with Crippen molar-refractivity contribution >= 4 is 17.0 Å². The Hall–Kier alpha value is -2.84. The molecule has 1 saturated carbocycles. The number of carboxylic acids is 1. The van der Waals surface area contributed by atoms with E-state index in [9.17, 15) is 13.6 Å². The number of carboxylic acid groups (broad SMARTS) is 1. The molecule has 4 rings (SSSR count). The van der Waals surface area contributed by atoms with E-state index in [1.54, 1.807) is 24.9 Å². The number of nitrogens with zero attached hydrogens (tertiary/aromatic N) is 5. The summed E-state index contributed by atoms with van der Waals surface area (Å²) in [6.45, 7) is 1.35. The van der Waals surface area contributed by atoms with Crippen molar-refractivity contribution < 1.29 is 18.7 Å². The molecule has 3 aromatic heterocycles. The van der Waals surface area contributed by atoms with Gasteiger partial charge in [0.25, 0.3) is 6.43 Å². The first-order valence-electron chi connectivity index (χ1n) is 8.27. The number of carbonyl (C=O) groups is 1. The van der Waals surface area contributed by atoms with Crippen molar-refractivity contribution in [2.45, 2.75) is 38.7 Å². The summed E-state index contributed by atoms with van der Waals surface area (Å²) in [5, 5.41) is 18.0. The summed E-state index contributed by atoms with van der Waals surface area (Å²) in [5.74, 6) is -1.00. The van der Waals surface area contributed by atoms with Gasteiger partial charge in [-0.15, -0.1) is 0 Å². The summed E-state index contributed by atoms with van der Waals surface area (Å²) in [6, 6.07) is 1.37. The molecule has 0 aliphatic heterocycles. The van der Waals surface area contributed by atoms with Crippen LogP contribution in [0.15, 0.2) is 12.3 Å². The van der Waals surface area contributed by atoms with Crippen molar-refractivity contribution in [2.24, 2.45) is 7.05 Å². The Morgan fingerprint density at radius 2 is 2.12 bits per heavy atom. The van der Waals surface area contributed by atoms with Gasteiger partial charge in [-0.1, -0.05) is 0 Å². The minimum Gasteiger partial charge on any atom is -0.480 e. The molecule has 1 N–H and O–H groups in total. The molecule has 1 aliphatic carbocycles. The number of hydrogen-bond acceptors (Lipinski definition) is 4. The molecule has 0 amide bonds. The third-order valence-corrected chi connectivity index (χ3v) is 4.53. The molecule has 3 heterocycles. The van der Waals surface area contributed by atoms with Crippen LogP contribution >= 0.6 is 0 Å². The van der Waals surface area contributed by atoms with Crippen molar-refractivity contribution in [3.8, 4) is 11.3 Å². The van der Waals surface area contributed by atoms with Gasteiger partial charge in [-0.2, -0.15) is 10.2 Å². The van der Waals surface area contributed by atoms with E-state index in [0.29, 0.717) is 22.6 Å². The molecule has 0 atom stereocenters.